The van der Waals surface area contributed by atoms with Crippen LogP contribution in [0.25, 0.3) is 0 Å². The summed E-state index contributed by atoms with van der Waals surface area (Å²) in [7, 11) is -3.99. The van der Waals surface area contributed by atoms with Crippen LogP contribution in [0.1, 0.15) is 27.0 Å². The van der Waals surface area contributed by atoms with Crippen molar-refractivity contribution in [1.29, 1.82) is 0 Å². The number of carbonyl (C=O) groups is 1. The van der Waals surface area contributed by atoms with Crippen LogP contribution < -0.4 is 5.14 Å². The fraction of sp³-hybridized carbons (Fsp3) is 0.188. The summed E-state index contributed by atoms with van der Waals surface area (Å²) < 4.78 is 28.3. The second kappa shape index (κ2) is 6.99. The molecule has 2 N–H and O–H groups in total. The van der Waals surface area contributed by atoms with Crippen LogP contribution in [0.5, 0.6) is 0 Å². The summed E-state index contributed by atoms with van der Waals surface area (Å²) in [6.45, 7) is 2.91. The van der Waals surface area contributed by atoms with Gasteiger partial charge in [0, 0.05) is 6.07 Å². The van der Waals surface area contributed by atoms with Gasteiger partial charge in [0.1, 0.15) is 6.61 Å². The Labute approximate surface area is 144 Å². The number of aryl methyl sites for hydroxylation is 1. The molecule has 0 aliphatic rings. The molecule has 0 fully saturated rings. The molecule has 0 saturated heterocycles. The molecule has 2 aromatic carbocycles. The van der Waals surface area contributed by atoms with Gasteiger partial charge in [0.25, 0.3) is 5.69 Å². The number of sulfonamides is 1. The molecular formula is C16H16N2O6S. The number of primary sulfonamides is 1. The van der Waals surface area contributed by atoms with E-state index in [4.69, 9.17) is 9.88 Å². The molecule has 0 unspecified atom stereocenters. The first-order chi connectivity index (χ1) is 11.6. The molecule has 9 heteroatoms. The number of hydrogen-bond acceptors (Lipinski definition) is 6. The van der Waals surface area contributed by atoms with E-state index in [-0.39, 0.29) is 28.3 Å². The number of carbonyl (C=O) groups excluding carboxylic acids is 1. The molecule has 2 aromatic rings. The molecule has 132 valence electrons. The minimum Gasteiger partial charge on any atom is -0.457 e. The van der Waals surface area contributed by atoms with E-state index in [0.29, 0.717) is 11.1 Å². The predicted molar refractivity (Wildman–Crippen MR) is 89.5 cm³/mol. The van der Waals surface area contributed by atoms with Gasteiger partial charge in [-0.15, -0.1) is 0 Å². The summed E-state index contributed by atoms with van der Waals surface area (Å²) in [4.78, 5) is 22.4. The highest BCUT2D eigenvalue weighted by Gasteiger charge is 2.19. The van der Waals surface area contributed by atoms with Crippen LogP contribution in [0.3, 0.4) is 0 Å². The number of nitro benzene ring substituents is 1. The first kappa shape index (κ1) is 18.6. The molecule has 0 heterocycles. The molecule has 0 atom stereocenters. The molecule has 0 aliphatic carbocycles. The van der Waals surface area contributed by atoms with Gasteiger partial charge >= 0.3 is 5.97 Å². The van der Waals surface area contributed by atoms with Crippen LogP contribution in [0, 0.1) is 24.0 Å². The minimum absolute atomic E-state index is 0.00529. The topological polar surface area (TPSA) is 130 Å². The summed E-state index contributed by atoms with van der Waals surface area (Å²) in [6.07, 6.45) is 0. The van der Waals surface area contributed by atoms with Crippen molar-refractivity contribution in [3.8, 4) is 0 Å². The number of benzene rings is 2. The first-order valence-electron chi connectivity index (χ1n) is 7.14. The van der Waals surface area contributed by atoms with Crippen molar-refractivity contribution in [2.75, 3.05) is 0 Å². The zero-order valence-electron chi connectivity index (χ0n) is 13.6. The maximum atomic E-state index is 12.2. The lowest BCUT2D eigenvalue weighted by Gasteiger charge is -2.11. The molecule has 8 nitrogen and oxygen atoms in total. The summed E-state index contributed by atoms with van der Waals surface area (Å²) in [5.74, 6) is -0.800. The Bertz CT molecular complexity index is 953. The summed E-state index contributed by atoms with van der Waals surface area (Å²) >= 11 is 0. The van der Waals surface area contributed by atoms with Crippen LogP contribution in [0.2, 0.25) is 0 Å². The second-order valence-corrected chi connectivity index (χ2v) is 6.95. The zero-order chi connectivity index (χ0) is 18.8. The lowest BCUT2D eigenvalue weighted by Crippen LogP contribution is -2.16. The highest BCUT2D eigenvalue weighted by atomic mass is 32.2. The van der Waals surface area contributed by atoms with E-state index >= 15 is 0 Å². The fourth-order valence-electron chi connectivity index (χ4n) is 2.28. The number of hydrogen-bond donors (Lipinski definition) is 1. The maximum Gasteiger partial charge on any atom is 0.338 e. The van der Waals surface area contributed by atoms with E-state index in [1.165, 1.54) is 24.3 Å². The van der Waals surface area contributed by atoms with Crippen molar-refractivity contribution in [2.45, 2.75) is 25.3 Å². The summed E-state index contributed by atoms with van der Waals surface area (Å²) in [6, 6.07) is 8.49. The molecule has 0 amide bonds. The summed E-state index contributed by atoms with van der Waals surface area (Å²) in [5.41, 5.74) is 1.07. The van der Waals surface area contributed by atoms with Gasteiger partial charge in [-0.2, -0.15) is 0 Å². The van der Waals surface area contributed by atoms with Crippen LogP contribution in [-0.2, 0) is 21.4 Å². The average molecular weight is 364 g/mol. The van der Waals surface area contributed by atoms with Gasteiger partial charge in [-0.1, -0.05) is 12.1 Å². The number of nitrogens with zero attached hydrogens (tertiary/aromatic N) is 1. The lowest BCUT2D eigenvalue weighted by molar-refractivity contribution is -0.385. The molecule has 0 radical (unpaired) electrons. The second-order valence-electron chi connectivity index (χ2n) is 5.42. The molecule has 2 rings (SSSR count). The molecule has 0 aliphatic heterocycles. The fourth-order valence-corrected chi connectivity index (χ4v) is 3.16. The van der Waals surface area contributed by atoms with Gasteiger partial charge in [-0.3, -0.25) is 10.1 Å². The molecule has 0 aromatic heterocycles. The number of rotatable bonds is 5. The third-order valence-electron chi connectivity index (χ3n) is 3.71. The van der Waals surface area contributed by atoms with E-state index in [1.54, 1.807) is 19.9 Å². The average Bonchev–Trinajstić information content (AvgIpc) is 2.54. The summed E-state index contributed by atoms with van der Waals surface area (Å²) in [5, 5.41) is 16.1. The van der Waals surface area contributed by atoms with Gasteiger partial charge in [-0.25, -0.2) is 18.4 Å². The largest absolute Gasteiger partial charge is 0.457 e. The third-order valence-corrected chi connectivity index (χ3v) is 4.75. The van der Waals surface area contributed by atoms with E-state index in [1.807, 2.05) is 0 Å². The number of nitrogens with two attached hydrogens (primary N) is 1. The van der Waals surface area contributed by atoms with Crippen molar-refractivity contribution in [3.05, 3.63) is 68.8 Å². The third kappa shape index (κ3) is 4.20. The number of para-hydroxylation sites is 1. The van der Waals surface area contributed by atoms with E-state index in [9.17, 15) is 23.3 Å². The van der Waals surface area contributed by atoms with Gasteiger partial charge in [-0.05, 0) is 43.2 Å². The number of ether oxygens (including phenoxy) is 1. The Balaban J connectivity index is 2.28. The Morgan fingerprint density at radius 2 is 1.88 bits per heavy atom. The lowest BCUT2D eigenvalue weighted by atomic mass is 10.1. The van der Waals surface area contributed by atoms with Crippen molar-refractivity contribution in [3.63, 3.8) is 0 Å². The quantitative estimate of drug-likeness (QED) is 0.492. The molecule has 25 heavy (non-hydrogen) atoms. The van der Waals surface area contributed by atoms with E-state index < -0.39 is 20.9 Å². The Hall–Kier alpha value is -2.78. The Kier molecular flexibility index (Phi) is 5.19. The maximum absolute atomic E-state index is 12.2. The van der Waals surface area contributed by atoms with Gasteiger partial charge in [0.2, 0.25) is 10.0 Å². The highest BCUT2D eigenvalue weighted by Crippen LogP contribution is 2.22. The van der Waals surface area contributed by atoms with Crippen molar-refractivity contribution >= 4 is 21.7 Å². The zero-order valence-corrected chi connectivity index (χ0v) is 14.4. The molecule has 0 bridgehead atoms. The van der Waals surface area contributed by atoms with E-state index in [2.05, 4.69) is 0 Å². The van der Waals surface area contributed by atoms with Crippen molar-refractivity contribution in [1.82, 2.24) is 0 Å². The van der Waals surface area contributed by atoms with Gasteiger partial charge < -0.3 is 4.74 Å². The van der Waals surface area contributed by atoms with Gasteiger partial charge in [0.05, 0.1) is 20.9 Å². The number of esters is 1. The molecular weight excluding hydrogens is 348 g/mol. The Morgan fingerprint density at radius 1 is 1.24 bits per heavy atom. The predicted octanol–water partition coefficient (Wildman–Crippen LogP) is 2.22. The Morgan fingerprint density at radius 3 is 2.48 bits per heavy atom. The van der Waals surface area contributed by atoms with Crippen LogP contribution in [0.4, 0.5) is 5.69 Å². The smallest absolute Gasteiger partial charge is 0.338 e. The number of nitro groups is 1. The molecule has 0 spiro atoms. The normalized spacial score (nSPS) is 11.2. The van der Waals surface area contributed by atoms with E-state index in [0.717, 1.165) is 6.07 Å². The van der Waals surface area contributed by atoms with Gasteiger partial charge in [0.15, 0.2) is 0 Å². The van der Waals surface area contributed by atoms with Crippen LogP contribution in [-0.4, -0.2) is 19.3 Å². The van der Waals surface area contributed by atoms with Crippen molar-refractivity contribution < 1.29 is 22.9 Å². The SMILES string of the molecule is Cc1cc(C(=O)OCc2ccccc2[N+](=O)[O-])cc(S(N)(=O)=O)c1C. The standard InChI is InChI=1S/C16H16N2O6S/c1-10-7-13(8-15(11(10)2)25(17,22)23)16(19)24-9-12-5-3-4-6-14(12)18(20)21/h3-8H,9H2,1-2H3,(H2,17,22,23). The first-order valence-corrected chi connectivity index (χ1v) is 8.69. The monoisotopic (exact) mass is 364 g/mol. The minimum atomic E-state index is -3.99. The molecule has 0 saturated carbocycles. The van der Waals surface area contributed by atoms with Crippen LogP contribution >= 0.6 is 0 Å². The van der Waals surface area contributed by atoms with Crippen LogP contribution in [0.15, 0.2) is 41.3 Å². The highest BCUT2D eigenvalue weighted by molar-refractivity contribution is 7.89. The van der Waals surface area contributed by atoms with Crippen molar-refractivity contribution in [2.24, 2.45) is 5.14 Å².